The van der Waals surface area contributed by atoms with Crippen molar-refractivity contribution in [2.24, 2.45) is 0 Å². The summed E-state index contributed by atoms with van der Waals surface area (Å²) >= 11 is 11.8. The van der Waals surface area contributed by atoms with Gasteiger partial charge in [-0.25, -0.2) is 15.0 Å². The zero-order valence-corrected chi connectivity index (χ0v) is 17.5. The van der Waals surface area contributed by atoms with Gasteiger partial charge in [0.05, 0.1) is 5.56 Å². The Morgan fingerprint density at radius 3 is 2.67 bits per heavy atom. The molecular formula is C20H19Cl2F3N4O. The number of alkyl halides is 3. The molecule has 0 fully saturated rings. The maximum atomic E-state index is 12.7. The third kappa shape index (κ3) is 7.68. The lowest BCUT2D eigenvalue weighted by Gasteiger charge is -2.10. The Bertz CT molecular complexity index is 926. The van der Waals surface area contributed by atoms with E-state index in [0.29, 0.717) is 41.7 Å². The number of ether oxygens (including phenoxy) is 1. The van der Waals surface area contributed by atoms with Gasteiger partial charge in [0.1, 0.15) is 27.6 Å². The Labute approximate surface area is 182 Å². The van der Waals surface area contributed by atoms with Crippen LogP contribution in [0.5, 0.6) is 5.88 Å². The van der Waals surface area contributed by atoms with Crippen molar-refractivity contribution in [3.63, 3.8) is 0 Å². The van der Waals surface area contributed by atoms with Gasteiger partial charge in [-0.15, -0.1) is 0 Å². The van der Waals surface area contributed by atoms with Crippen LogP contribution in [0.1, 0.15) is 24.2 Å². The Kier molecular flexibility index (Phi) is 8.68. The average Bonchev–Trinajstić information content (AvgIpc) is 2.64. The number of pyridine rings is 1. The number of nitrogens with zero attached hydrogens (tertiary/aromatic N) is 3. The van der Waals surface area contributed by atoms with E-state index in [1.807, 2.05) is 6.08 Å². The third-order valence-corrected chi connectivity index (χ3v) is 4.04. The van der Waals surface area contributed by atoms with Crippen molar-refractivity contribution in [2.45, 2.75) is 25.9 Å². The van der Waals surface area contributed by atoms with E-state index in [9.17, 15) is 13.2 Å². The van der Waals surface area contributed by atoms with Crippen LogP contribution in [0.15, 0.2) is 55.0 Å². The highest BCUT2D eigenvalue weighted by molar-refractivity contribution is 6.31. The zero-order valence-electron chi connectivity index (χ0n) is 16.0. The number of hydrogen-bond donors (Lipinski definition) is 1. The molecule has 0 aliphatic carbocycles. The topological polar surface area (TPSA) is 59.9 Å². The molecule has 0 atom stereocenters. The summed E-state index contributed by atoms with van der Waals surface area (Å²) in [6.07, 6.45) is 4.20. The summed E-state index contributed by atoms with van der Waals surface area (Å²) in [5.74, 6) is 1.44. The van der Waals surface area contributed by atoms with Crippen LogP contribution in [0.25, 0.3) is 0 Å². The Morgan fingerprint density at radius 1 is 1.27 bits per heavy atom. The summed E-state index contributed by atoms with van der Waals surface area (Å²) < 4.78 is 43.6. The van der Waals surface area contributed by atoms with Crippen LogP contribution in [0.4, 0.5) is 19.0 Å². The molecule has 0 aliphatic heterocycles. The molecule has 2 heterocycles. The quantitative estimate of drug-likeness (QED) is 0.204. The van der Waals surface area contributed by atoms with Crippen LogP contribution in [0, 0.1) is 6.92 Å². The highest BCUT2D eigenvalue weighted by atomic mass is 35.5. The standard InChI is InChI=1S/C20H19Cl2F3N4O/c1-3-7-15(30-19-16(21)10-14(12-27-19)20(23,24)25)8-5-4-6-9-26-18-11-17(22)28-13(2)29-18/h3,5,7-8,10-12H,1,4,6,9H2,2H3,(H,26,28,29)/b8-5-,15-7+. The van der Waals surface area contributed by atoms with E-state index in [-0.39, 0.29) is 10.9 Å². The van der Waals surface area contributed by atoms with Gasteiger partial charge in [-0.2, -0.15) is 13.2 Å². The van der Waals surface area contributed by atoms with Gasteiger partial charge in [-0.05, 0) is 38.0 Å². The lowest BCUT2D eigenvalue weighted by Crippen LogP contribution is -2.06. The summed E-state index contributed by atoms with van der Waals surface area (Å²) in [6, 6.07) is 2.41. The maximum Gasteiger partial charge on any atom is 0.417 e. The van der Waals surface area contributed by atoms with E-state index >= 15 is 0 Å². The fourth-order valence-corrected chi connectivity index (χ4v) is 2.70. The van der Waals surface area contributed by atoms with Crippen molar-refractivity contribution in [3.8, 4) is 5.88 Å². The van der Waals surface area contributed by atoms with Crippen molar-refractivity contribution < 1.29 is 17.9 Å². The third-order valence-electron chi connectivity index (χ3n) is 3.57. The van der Waals surface area contributed by atoms with Crippen LogP contribution >= 0.6 is 23.2 Å². The Hall–Kier alpha value is -2.58. The predicted molar refractivity (Wildman–Crippen MR) is 112 cm³/mol. The minimum absolute atomic E-state index is 0.125. The van der Waals surface area contributed by atoms with E-state index in [1.165, 1.54) is 6.08 Å². The fourth-order valence-electron chi connectivity index (χ4n) is 2.26. The predicted octanol–water partition coefficient (Wildman–Crippen LogP) is 6.40. The van der Waals surface area contributed by atoms with Gasteiger partial charge in [0, 0.05) is 18.8 Å². The molecule has 0 amide bonds. The molecule has 2 aromatic rings. The summed E-state index contributed by atoms with van der Waals surface area (Å²) in [7, 11) is 0. The molecule has 160 valence electrons. The molecule has 0 unspecified atom stereocenters. The normalized spacial score (nSPS) is 12.3. The minimum atomic E-state index is -4.53. The number of aryl methyl sites for hydroxylation is 1. The molecule has 0 radical (unpaired) electrons. The molecule has 5 nitrogen and oxygen atoms in total. The SMILES string of the molecule is C=C/C=C(\C=C/CCCNc1cc(Cl)nc(C)n1)Oc1ncc(C(F)(F)F)cc1Cl. The first-order chi connectivity index (χ1) is 14.2. The molecule has 2 rings (SSSR count). The number of hydrogen-bond acceptors (Lipinski definition) is 5. The molecule has 10 heteroatoms. The number of rotatable bonds is 9. The van der Waals surface area contributed by atoms with Crippen LogP contribution in [0.2, 0.25) is 10.2 Å². The van der Waals surface area contributed by atoms with Crippen LogP contribution < -0.4 is 10.1 Å². The molecule has 0 aliphatic rings. The summed E-state index contributed by atoms with van der Waals surface area (Å²) in [4.78, 5) is 11.9. The lowest BCUT2D eigenvalue weighted by atomic mass is 10.2. The first kappa shape index (κ1) is 23.7. The highest BCUT2D eigenvalue weighted by Gasteiger charge is 2.31. The van der Waals surface area contributed by atoms with E-state index in [4.69, 9.17) is 27.9 Å². The average molecular weight is 459 g/mol. The number of nitrogens with one attached hydrogen (secondary N) is 1. The molecule has 0 spiro atoms. The van der Waals surface area contributed by atoms with Crippen LogP contribution in [-0.2, 0) is 6.18 Å². The minimum Gasteiger partial charge on any atom is -0.438 e. The van der Waals surface area contributed by atoms with Gasteiger partial charge in [0.25, 0.3) is 0 Å². The maximum absolute atomic E-state index is 12.7. The first-order valence-corrected chi connectivity index (χ1v) is 9.59. The van der Waals surface area contributed by atoms with Crippen LogP contribution in [0.3, 0.4) is 0 Å². The molecule has 1 N–H and O–H groups in total. The molecular weight excluding hydrogens is 440 g/mol. The van der Waals surface area contributed by atoms with Crippen molar-refractivity contribution in [1.82, 2.24) is 15.0 Å². The van der Waals surface area contributed by atoms with Gasteiger partial charge in [0.2, 0.25) is 5.88 Å². The van der Waals surface area contributed by atoms with Crippen molar-refractivity contribution in [2.75, 3.05) is 11.9 Å². The number of halogens is 5. The van der Waals surface area contributed by atoms with Gasteiger partial charge < -0.3 is 10.1 Å². The first-order valence-electron chi connectivity index (χ1n) is 8.84. The second-order valence-electron chi connectivity index (χ2n) is 6.01. The molecule has 0 saturated carbocycles. The molecule has 2 aromatic heterocycles. The summed E-state index contributed by atoms with van der Waals surface area (Å²) in [5.41, 5.74) is -0.947. The second kappa shape index (κ2) is 11.0. The summed E-state index contributed by atoms with van der Waals surface area (Å²) in [6.45, 7) is 6.00. The monoisotopic (exact) mass is 458 g/mol. The van der Waals surface area contributed by atoms with E-state index in [2.05, 4.69) is 26.8 Å². The largest absolute Gasteiger partial charge is 0.438 e. The summed E-state index contributed by atoms with van der Waals surface area (Å²) in [5, 5.41) is 3.29. The number of unbranched alkanes of at least 4 members (excludes halogenated alkanes) is 1. The van der Waals surface area contributed by atoms with Crippen molar-refractivity contribution in [3.05, 3.63) is 76.5 Å². The van der Waals surface area contributed by atoms with Gasteiger partial charge >= 0.3 is 6.18 Å². The number of allylic oxidation sites excluding steroid dienone is 4. The van der Waals surface area contributed by atoms with Crippen LogP contribution in [-0.4, -0.2) is 21.5 Å². The molecule has 30 heavy (non-hydrogen) atoms. The fraction of sp³-hybridized carbons (Fsp3) is 0.250. The zero-order chi connectivity index (χ0) is 22.1. The second-order valence-corrected chi connectivity index (χ2v) is 6.80. The van der Waals surface area contributed by atoms with E-state index < -0.39 is 11.7 Å². The molecule has 0 bridgehead atoms. The van der Waals surface area contributed by atoms with Gasteiger partial charge in [0.15, 0.2) is 0 Å². The van der Waals surface area contributed by atoms with E-state index in [0.717, 1.165) is 12.5 Å². The van der Waals surface area contributed by atoms with Crippen molar-refractivity contribution >= 4 is 29.0 Å². The molecule has 0 aromatic carbocycles. The molecule has 0 saturated heterocycles. The lowest BCUT2D eigenvalue weighted by molar-refractivity contribution is -0.137. The Balaban J connectivity index is 1.89. The Morgan fingerprint density at radius 2 is 2.03 bits per heavy atom. The number of anilines is 1. The smallest absolute Gasteiger partial charge is 0.417 e. The van der Waals surface area contributed by atoms with Gasteiger partial charge in [-0.1, -0.05) is 41.9 Å². The van der Waals surface area contributed by atoms with Gasteiger partial charge in [-0.3, -0.25) is 0 Å². The van der Waals surface area contributed by atoms with Crippen molar-refractivity contribution in [1.29, 1.82) is 0 Å². The van der Waals surface area contributed by atoms with E-state index in [1.54, 1.807) is 25.1 Å². The highest BCUT2D eigenvalue weighted by Crippen LogP contribution is 2.33. The number of aromatic nitrogens is 3.